The molecule has 14 heavy (non-hydrogen) atoms. The van der Waals surface area contributed by atoms with E-state index in [9.17, 15) is 14.4 Å². The van der Waals surface area contributed by atoms with Gasteiger partial charge in [0.1, 0.15) is 0 Å². The Morgan fingerprint density at radius 3 is 2.79 bits per heavy atom. The highest BCUT2D eigenvalue weighted by Gasteiger charge is 2.36. The number of amides is 2. The minimum atomic E-state index is -0.759. The average Bonchev–Trinajstić information content (AvgIpc) is 2.45. The largest absolute Gasteiger partial charge is 0.441 e. The molecular formula is C9H11NO4. The predicted molar refractivity (Wildman–Crippen MR) is 46.8 cm³/mol. The lowest BCUT2D eigenvalue weighted by atomic mass is 10.3. The molecule has 0 N–H and O–H groups in total. The SMILES string of the molecule is C=CC(=O)N1C(=O)CCC1OC(C)=O. The van der Waals surface area contributed by atoms with Crippen molar-refractivity contribution in [2.45, 2.75) is 26.0 Å². The Balaban J connectivity index is 2.76. The maximum Gasteiger partial charge on any atom is 0.304 e. The van der Waals surface area contributed by atoms with Crippen LogP contribution in [0.15, 0.2) is 12.7 Å². The molecule has 0 aromatic carbocycles. The molecule has 1 saturated heterocycles. The third-order valence-electron chi connectivity index (χ3n) is 1.88. The molecule has 1 heterocycles. The van der Waals surface area contributed by atoms with E-state index in [4.69, 9.17) is 4.74 Å². The third kappa shape index (κ3) is 1.99. The van der Waals surface area contributed by atoms with Gasteiger partial charge in [-0.3, -0.25) is 14.4 Å². The van der Waals surface area contributed by atoms with Crippen LogP contribution in [0.5, 0.6) is 0 Å². The summed E-state index contributed by atoms with van der Waals surface area (Å²) in [5.41, 5.74) is 0. The zero-order valence-corrected chi connectivity index (χ0v) is 7.86. The molecule has 1 aliphatic rings. The first-order valence-electron chi connectivity index (χ1n) is 4.22. The topological polar surface area (TPSA) is 63.7 Å². The summed E-state index contributed by atoms with van der Waals surface area (Å²) >= 11 is 0. The fourth-order valence-electron chi connectivity index (χ4n) is 1.32. The van der Waals surface area contributed by atoms with E-state index in [0.29, 0.717) is 6.42 Å². The first-order chi connectivity index (χ1) is 6.56. The van der Waals surface area contributed by atoms with Crippen molar-refractivity contribution in [2.24, 2.45) is 0 Å². The van der Waals surface area contributed by atoms with E-state index in [1.54, 1.807) is 0 Å². The maximum atomic E-state index is 11.2. The number of carbonyl (C=O) groups is 3. The molecule has 0 spiro atoms. The molecule has 0 aromatic rings. The van der Waals surface area contributed by atoms with Gasteiger partial charge in [0, 0.05) is 19.8 Å². The number of likely N-dealkylation sites (tertiary alicyclic amines) is 1. The van der Waals surface area contributed by atoms with Gasteiger partial charge in [-0.05, 0) is 6.08 Å². The van der Waals surface area contributed by atoms with Crippen molar-refractivity contribution >= 4 is 17.8 Å². The van der Waals surface area contributed by atoms with Crippen LogP contribution in [0.25, 0.3) is 0 Å². The summed E-state index contributed by atoms with van der Waals surface area (Å²) in [4.78, 5) is 34.0. The van der Waals surface area contributed by atoms with E-state index in [2.05, 4.69) is 6.58 Å². The van der Waals surface area contributed by atoms with Crippen LogP contribution >= 0.6 is 0 Å². The molecule has 0 saturated carbocycles. The Kier molecular flexibility index (Phi) is 3.01. The Hall–Kier alpha value is -1.65. The van der Waals surface area contributed by atoms with Gasteiger partial charge in [-0.25, -0.2) is 4.90 Å². The maximum absolute atomic E-state index is 11.2. The van der Waals surface area contributed by atoms with E-state index < -0.39 is 18.1 Å². The Labute approximate surface area is 81.3 Å². The van der Waals surface area contributed by atoms with Crippen LogP contribution in [0, 0.1) is 0 Å². The third-order valence-corrected chi connectivity index (χ3v) is 1.88. The molecule has 1 aliphatic heterocycles. The molecule has 0 aliphatic carbocycles. The van der Waals surface area contributed by atoms with E-state index in [1.807, 2.05) is 0 Å². The second kappa shape index (κ2) is 4.04. The molecule has 1 unspecified atom stereocenters. The predicted octanol–water partition coefficient (Wildman–Crippen LogP) is 0.211. The molecule has 0 radical (unpaired) electrons. The molecule has 5 nitrogen and oxygen atoms in total. The molecule has 2 amide bonds. The molecule has 1 fully saturated rings. The fraction of sp³-hybridized carbons (Fsp3) is 0.444. The number of hydrogen-bond donors (Lipinski definition) is 0. The zero-order chi connectivity index (χ0) is 10.7. The lowest BCUT2D eigenvalue weighted by Gasteiger charge is -2.20. The number of imide groups is 1. The second-order valence-corrected chi connectivity index (χ2v) is 2.91. The van der Waals surface area contributed by atoms with E-state index in [0.717, 1.165) is 11.0 Å². The Bertz CT molecular complexity index is 297. The van der Waals surface area contributed by atoms with Gasteiger partial charge in [-0.2, -0.15) is 0 Å². The van der Waals surface area contributed by atoms with Crippen molar-refractivity contribution in [2.75, 3.05) is 0 Å². The molecule has 1 atom stereocenters. The summed E-state index contributed by atoms with van der Waals surface area (Å²) in [6, 6.07) is 0. The molecular weight excluding hydrogens is 186 g/mol. The summed E-state index contributed by atoms with van der Waals surface area (Å²) in [7, 11) is 0. The monoisotopic (exact) mass is 197 g/mol. The quantitative estimate of drug-likeness (QED) is 0.469. The highest BCUT2D eigenvalue weighted by atomic mass is 16.6. The van der Waals surface area contributed by atoms with Crippen LogP contribution in [0.2, 0.25) is 0 Å². The molecule has 1 rings (SSSR count). The van der Waals surface area contributed by atoms with Crippen LogP contribution in [0.3, 0.4) is 0 Å². The summed E-state index contributed by atoms with van der Waals surface area (Å²) in [6.07, 6.45) is 0.848. The number of rotatable bonds is 2. The zero-order valence-electron chi connectivity index (χ0n) is 7.86. The number of carbonyl (C=O) groups excluding carboxylic acids is 3. The fourth-order valence-corrected chi connectivity index (χ4v) is 1.32. The van der Waals surface area contributed by atoms with Gasteiger partial charge in [0.15, 0.2) is 6.23 Å². The van der Waals surface area contributed by atoms with Gasteiger partial charge in [0.05, 0.1) is 0 Å². The second-order valence-electron chi connectivity index (χ2n) is 2.91. The van der Waals surface area contributed by atoms with Crippen LogP contribution in [0.1, 0.15) is 19.8 Å². The first-order valence-corrected chi connectivity index (χ1v) is 4.22. The number of ether oxygens (including phenoxy) is 1. The molecule has 76 valence electrons. The van der Waals surface area contributed by atoms with E-state index >= 15 is 0 Å². The van der Waals surface area contributed by atoms with Gasteiger partial charge in [-0.1, -0.05) is 6.58 Å². The van der Waals surface area contributed by atoms with Crippen molar-refractivity contribution < 1.29 is 19.1 Å². The Morgan fingerprint density at radius 2 is 2.29 bits per heavy atom. The number of hydrogen-bond acceptors (Lipinski definition) is 4. The summed E-state index contributed by atoms with van der Waals surface area (Å²) in [5.74, 6) is -1.37. The van der Waals surface area contributed by atoms with Gasteiger partial charge in [0.25, 0.3) is 5.91 Å². The van der Waals surface area contributed by atoms with Crippen molar-refractivity contribution in [1.82, 2.24) is 4.90 Å². The van der Waals surface area contributed by atoms with Crippen molar-refractivity contribution in [3.8, 4) is 0 Å². The van der Waals surface area contributed by atoms with Crippen LogP contribution in [-0.2, 0) is 19.1 Å². The minimum absolute atomic E-state index is 0.220. The highest BCUT2D eigenvalue weighted by molar-refractivity contribution is 6.02. The summed E-state index contributed by atoms with van der Waals surface area (Å²) in [6.45, 7) is 4.50. The lowest BCUT2D eigenvalue weighted by Crippen LogP contribution is -2.39. The Morgan fingerprint density at radius 1 is 1.64 bits per heavy atom. The van der Waals surface area contributed by atoms with Crippen LogP contribution < -0.4 is 0 Å². The van der Waals surface area contributed by atoms with Crippen LogP contribution in [0.4, 0.5) is 0 Å². The highest BCUT2D eigenvalue weighted by Crippen LogP contribution is 2.20. The molecule has 0 aromatic heterocycles. The molecule has 0 bridgehead atoms. The van der Waals surface area contributed by atoms with Gasteiger partial charge >= 0.3 is 5.97 Å². The van der Waals surface area contributed by atoms with Crippen LogP contribution in [-0.4, -0.2) is 28.9 Å². The molecule has 5 heteroatoms. The average molecular weight is 197 g/mol. The minimum Gasteiger partial charge on any atom is -0.441 e. The summed E-state index contributed by atoms with van der Waals surface area (Å²) < 4.78 is 4.81. The summed E-state index contributed by atoms with van der Waals surface area (Å²) in [5, 5.41) is 0. The number of nitrogens with zero attached hydrogens (tertiary/aromatic N) is 1. The van der Waals surface area contributed by atoms with Crippen molar-refractivity contribution in [3.63, 3.8) is 0 Å². The van der Waals surface area contributed by atoms with E-state index in [-0.39, 0.29) is 12.3 Å². The standard InChI is InChI=1S/C9H11NO4/c1-3-7(12)10-8(13)4-5-9(10)14-6(2)11/h3,9H,1,4-5H2,2H3. The lowest BCUT2D eigenvalue weighted by molar-refractivity contribution is -0.161. The van der Waals surface area contributed by atoms with Gasteiger partial charge in [0.2, 0.25) is 5.91 Å². The van der Waals surface area contributed by atoms with E-state index in [1.165, 1.54) is 6.92 Å². The van der Waals surface area contributed by atoms with Crippen molar-refractivity contribution in [1.29, 1.82) is 0 Å². The smallest absolute Gasteiger partial charge is 0.304 e. The van der Waals surface area contributed by atoms with Gasteiger partial charge in [-0.15, -0.1) is 0 Å². The normalized spacial score (nSPS) is 20.8. The first kappa shape index (κ1) is 10.4. The van der Waals surface area contributed by atoms with Crippen molar-refractivity contribution in [3.05, 3.63) is 12.7 Å². The number of esters is 1. The van der Waals surface area contributed by atoms with Gasteiger partial charge < -0.3 is 4.74 Å².